The van der Waals surface area contributed by atoms with E-state index in [1.165, 1.54) is 27.9 Å². The first-order valence-electron chi connectivity index (χ1n) is 12.9. The molecule has 0 saturated carbocycles. The Labute approximate surface area is 215 Å². The molecule has 0 fully saturated rings. The first-order chi connectivity index (χ1) is 16.3. The van der Waals surface area contributed by atoms with Crippen LogP contribution in [0.15, 0.2) is 69.9 Å². The van der Waals surface area contributed by atoms with E-state index in [9.17, 15) is 4.57 Å². The van der Waals surface area contributed by atoms with Gasteiger partial charge in [-0.1, -0.05) is 76.8 Å². The van der Waals surface area contributed by atoms with E-state index in [4.69, 9.17) is 9.79 Å². The van der Waals surface area contributed by atoms with Gasteiger partial charge in [0.1, 0.15) is 0 Å². The zero-order valence-electron chi connectivity index (χ0n) is 23.6. The van der Waals surface area contributed by atoms with Gasteiger partial charge in [0.15, 0.2) is 0 Å². The summed E-state index contributed by atoms with van der Waals surface area (Å²) in [5.74, 6) is 0.470. The minimum absolute atomic E-state index is 0.0744. The normalized spacial score (nSPS) is 14.7. The molecule has 4 nitrogen and oxygen atoms in total. The van der Waals surface area contributed by atoms with Gasteiger partial charge in [-0.05, 0) is 106 Å². The molecule has 0 aromatic carbocycles. The fourth-order valence-electron chi connectivity index (χ4n) is 3.58. The maximum Gasteiger partial charge on any atom is 0.469 e. The maximum atomic E-state index is 10.9. The quantitative estimate of drug-likeness (QED) is 0.152. The summed E-state index contributed by atoms with van der Waals surface area (Å²) < 4.78 is 15.4. The summed E-state index contributed by atoms with van der Waals surface area (Å²) in [6, 6.07) is 0. The summed E-state index contributed by atoms with van der Waals surface area (Å²) >= 11 is 0. The van der Waals surface area contributed by atoms with Gasteiger partial charge in [-0.25, -0.2) is 4.57 Å². The highest BCUT2D eigenvalue weighted by molar-refractivity contribution is 7.46. The summed E-state index contributed by atoms with van der Waals surface area (Å²) in [5.41, 5.74) is 8.08. The number of rotatable bonds is 17. The van der Waals surface area contributed by atoms with Gasteiger partial charge in [-0.2, -0.15) is 0 Å². The Morgan fingerprint density at radius 2 is 1.26 bits per heavy atom. The van der Waals surface area contributed by atoms with Crippen molar-refractivity contribution in [2.45, 2.75) is 107 Å². The van der Waals surface area contributed by atoms with Crippen LogP contribution in [0.3, 0.4) is 0 Å². The van der Waals surface area contributed by atoms with E-state index >= 15 is 0 Å². The molecule has 1 unspecified atom stereocenters. The van der Waals surface area contributed by atoms with E-state index in [1.54, 1.807) is 6.08 Å². The third kappa shape index (κ3) is 21.5. The average molecular weight is 507 g/mol. The van der Waals surface area contributed by atoms with Crippen molar-refractivity contribution < 1.29 is 18.9 Å². The molecule has 0 rings (SSSR count). The van der Waals surface area contributed by atoms with E-state index in [0.29, 0.717) is 5.92 Å². The first kappa shape index (κ1) is 33.5. The number of hydrogen-bond acceptors (Lipinski definition) is 2. The molecule has 35 heavy (non-hydrogen) atoms. The number of allylic oxidation sites excluding steroid dienone is 11. The Kier molecular flexibility index (Phi) is 18.0. The summed E-state index contributed by atoms with van der Waals surface area (Å²) in [5, 5.41) is 0. The predicted molar refractivity (Wildman–Crippen MR) is 152 cm³/mol. The van der Waals surface area contributed by atoms with Crippen LogP contribution in [-0.4, -0.2) is 16.4 Å². The molecule has 1 atom stereocenters. The van der Waals surface area contributed by atoms with Crippen LogP contribution in [0.2, 0.25) is 0 Å². The smallest absolute Gasteiger partial charge is 0.303 e. The van der Waals surface area contributed by atoms with Gasteiger partial charge < -0.3 is 9.79 Å². The van der Waals surface area contributed by atoms with Crippen LogP contribution in [0.1, 0.15) is 107 Å². The molecule has 0 aliphatic rings. The van der Waals surface area contributed by atoms with E-state index < -0.39 is 7.82 Å². The molecule has 0 radical (unpaired) electrons. The van der Waals surface area contributed by atoms with Crippen LogP contribution in [0.5, 0.6) is 0 Å². The van der Waals surface area contributed by atoms with Crippen molar-refractivity contribution in [1.82, 2.24) is 0 Å². The fraction of sp³-hybridized carbons (Fsp3) is 0.600. The van der Waals surface area contributed by atoms with E-state index in [0.717, 1.165) is 56.9 Å². The molecule has 0 spiro atoms. The molecule has 0 aromatic heterocycles. The molecule has 200 valence electrons. The lowest BCUT2D eigenvalue weighted by Crippen LogP contribution is -2.00. The van der Waals surface area contributed by atoms with E-state index in [2.05, 4.69) is 83.4 Å². The molecular weight excluding hydrogens is 455 g/mol. The monoisotopic (exact) mass is 506 g/mol. The Morgan fingerprint density at radius 3 is 1.77 bits per heavy atom. The molecule has 0 aliphatic carbocycles. The van der Waals surface area contributed by atoms with Crippen LogP contribution in [-0.2, 0) is 9.09 Å². The average Bonchev–Trinajstić information content (AvgIpc) is 2.72. The van der Waals surface area contributed by atoms with Crippen molar-refractivity contribution in [3.05, 3.63) is 69.9 Å². The van der Waals surface area contributed by atoms with Crippen LogP contribution >= 0.6 is 7.82 Å². The van der Waals surface area contributed by atoms with Crippen LogP contribution in [0, 0.1) is 5.92 Å². The van der Waals surface area contributed by atoms with Crippen molar-refractivity contribution in [3.8, 4) is 0 Å². The van der Waals surface area contributed by atoms with Crippen LogP contribution < -0.4 is 0 Å². The standard InChI is InChI=1S/C30H51O4P/c1-24(2)12-9-14-26(5)16-11-17-29(8)30(20-18-27(6)15-10-13-25(3)4)21-19-28(7)22-23-34-35(31,32)33/h12-13,16,18,21-22,29H,9-11,14-15,17,19-20,23H2,1-8H3,(H2,31,32,33)/b26-16+,27-18+,28-22-,30-21+. The highest BCUT2D eigenvalue weighted by atomic mass is 31.2. The molecule has 0 aliphatic heterocycles. The highest BCUT2D eigenvalue weighted by Crippen LogP contribution is 2.35. The maximum absolute atomic E-state index is 10.9. The van der Waals surface area contributed by atoms with Gasteiger partial charge in [-0.3, -0.25) is 4.52 Å². The van der Waals surface area contributed by atoms with Crippen LogP contribution in [0.4, 0.5) is 0 Å². The number of hydrogen-bond donors (Lipinski definition) is 2. The Balaban J connectivity index is 5.19. The van der Waals surface area contributed by atoms with Gasteiger partial charge in [0.25, 0.3) is 0 Å². The molecule has 2 N–H and O–H groups in total. The molecule has 0 bridgehead atoms. The van der Waals surface area contributed by atoms with Gasteiger partial charge in [0.05, 0.1) is 6.61 Å². The van der Waals surface area contributed by atoms with Gasteiger partial charge in [0.2, 0.25) is 0 Å². The molecule has 0 amide bonds. The second-order valence-corrected chi connectivity index (χ2v) is 11.5. The van der Waals surface area contributed by atoms with Crippen molar-refractivity contribution in [2.75, 3.05) is 6.61 Å². The number of phosphoric ester groups is 1. The molecule has 0 saturated heterocycles. The van der Waals surface area contributed by atoms with Gasteiger partial charge in [-0.15, -0.1) is 0 Å². The molecule has 0 aromatic rings. The summed E-state index contributed by atoms with van der Waals surface area (Å²) in [6.45, 7) is 17.2. The lowest BCUT2D eigenvalue weighted by Gasteiger charge is -2.16. The van der Waals surface area contributed by atoms with Crippen molar-refractivity contribution in [3.63, 3.8) is 0 Å². The van der Waals surface area contributed by atoms with E-state index in [1.807, 2.05) is 6.92 Å². The number of phosphoric acid groups is 1. The Hall–Kier alpha value is -1.45. The highest BCUT2D eigenvalue weighted by Gasteiger charge is 2.12. The second-order valence-electron chi connectivity index (χ2n) is 10.2. The molecular formula is C30H51O4P. The lowest BCUT2D eigenvalue weighted by molar-refractivity contribution is 0.215. The van der Waals surface area contributed by atoms with Crippen LogP contribution in [0.25, 0.3) is 0 Å². The van der Waals surface area contributed by atoms with Gasteiger partial charge >= 0.3 is 7.82 Å². The summed E-state index contributed by atoms with van der Waals surface area (Å²) in [6.07, 6.45) is 21.7. The largest absolute Gasteiger partial charge is 0.469 e. The van der Waals surface area contributed by atoms with Gasteiger partial charge in [0, 0.05) is 0 Å². The molecule has 0 heterocycles. The summed E-state index contributed by atoms with van der Waals surface area (Å²) in [4.78, 5) is 17.7. The fourth-order valence-corrected chi connectivity index (χ4v) is 3.84. The second kappa shape index (κ2) is 18.8. The first-order valence-corrected chi connectivity index (χ1v) is 14.5. The zero-order valence-corrected chi connectivity index (χ0v) is 24.5. The zero-order chi connectivity index (χ0) is 26.9. The summed E-state index contributed by atoms with van der Waals surface area (Å²) in [7, 11) is -4.43. The Bertz CT molecular complexity index is 842. The van der Waals surface area contributed by atoms with Crippen molar-refractivity contribution >= 4 is 7.82 Å². The lowest BCUT2D eigenvalue weighted by atomic mass is 9.90. The third-order valence-electron chi connectivity index (χ3n) is 5.95. The topological polar surface area (TPSA) is 66.8 Å². The Morgan fingerprint density at radius 1 is 0.714 bits per heavy atom. The predicted octanol–water partition coefficient (Wildman–Crippen LogP) is 9.55. The molecule has 5 heteroatoms. The van der Waals surface area contributed by atoms with E-state index in [-0.39, 0.29) is 6.61 Å². The minimum atomic E-state index is -4.43. The minimum Gasteiger partial charge on any atom is -0.303 e. The van der Waals surface area contributed by atoms with Crippen molar-refractivity contribution in [1.29, 1.82) is 0 Å². The SMILES string of the molecule is CC(C)=CCC/C(C)=C/CCC(C)/C(=C/C/C(C)=C\COP(=O)(O)O)C/C=C(\C)CCC=C(C)C. The third-order valence-corrected chi connectivity index (χ3v) is 6.44. The van der Waals surface area contributed by atoms with Crippen molar-refractivity contribution in [2.24, 2.45) is 5.92 Å².